The van der Waals surface area contributed by atoms with Gasteiger partial charge >= 0.3 is 6.03 Å². The summed E-state index contributed by atoms with van der Waals surface area (Å²) < 4.78 is 5.24. The number of nitrogens with one attached hydrogen (secondary N) is 2. The van der Waals surface area contributed by atoms with E-state index in [1.54, 1.807) is 7.11 Å². The van der Waals surface area contributed by atoms with Gasteiger partial charge in [0.25, 0.3) is 0 Å². The van der Waals surface area contributed by atoms with Crippen LogP contribution in [0.3, 0.4) is 0 Å². The minimum absolute atomic E-state index is 0.111. The number of carbonyl (C=O) groups excluding carboxylic acids is 1. The van der Waals surface area contributed by atoms with Crippen LogP contribution in [0.2, 0.25) is 5.02 Å². The maximum atomic E-state index is 13.1. The zero-order valence-corrected chi connectivity index (χ0v) is 19.5. The molecular formula is C25H33ClN4O2. The third-order valence-electron chi connectivity index (χ3n) is 5.58. The van der Waals surface area contributed by atoms with Gasteiger partial charge in [-0.25, -0.2) is 4.79 Å². The van der Waals surface area contributed by atoms with Gasteiger partial charge in [0.05, 0.1) is 7.11 Å². The summed E-state index contributed by atoms with van der Waals surface area (Å²) in [7, 11) is 1.66. The van der Waals surface area contributed by atoms with Crippen LogP contribution in [0.15, 0.2) is 60.7 Å². The lowest BCUT2D eigenvalue weighted by Gasteiger charge is -2.30. The number of urea groups is 1. The Hall–Kier alpha value is -2.54. The second kappa shape index (κ2) is 12.5. The second-order valence-electron chi connectivity index (χ2n) is 8.05. The summed E-state index contributed by atoms with van der Waals surface area (Å²) in [4.78, 5) is 17.3. The summed E-state index contributed by atoms with van der Waals surface area (Å²) in [6, 6.07) is 15.4. The topological polar surface area (TPSA) is 56.8 Å². The fourth-order valence-electron chi connectivity index (χ4n) is 3.74. The van der Waals surface area contributed by atoms with E-state index in [1.165, 1.54) is 0 Å². The summed E-state index contributed by atoms with van der Waals surface area (Å²) in [5.41, 5.74) is 3.09. The number of piperazine rings is 1. The standard InChI is InChI=1S/C25H33ClN4O2/c1-20(18-29-15-12-27-13-16-29)19-30(14-11-21-7-9-23(32-2)10-8-21)25(31)28-17-22-5-3-4-6-24(22)26/h3-10,27H,1,11-19H2,2H3,(H,28,31). The predicted octanol–water partition coefficient (Wildman–Crippen LogP) is 3.56. The number of hydrogen-bond acceptors (Lipinski definition) is 4. The van der Waals surface area contributed by atoms with E-state index in [0.717, 1.165) is 61.6 Å². The smallest absolute Gasteiger partial charge is 0.317 e. The van der Waals surface area contributed by atoms with E-state index in [4.69, 9.17) is 16.3 Å². The van der Waals surface area contributed by atoms with Crippen molar-refractivity contribution in [3.63, 3.8) is 0 Å². The van der Waals surface area contributed by atoms with Crippen molar-refractivity contribution >= 4 is 17.6 Å². The average molecular weight is 457 g/mol. The van der Waals surface area contributed by atoms with E-state index in [0.29, 0.717) is 24.7 Å². The van der Waals surface area contributed by atoms with Gasteiger partial charge in [0, 0.05) is 57.4 Å². The number of methoxy groups -OCH3 is 1. The number of carbonyl (C=O) groups is 1. The molecule has 32 heavy (non-hydrogen) atoms. The maximum Gasteiger partial charge on any atom is 0.317 e. The van der Waals surface area contributed by atoms with E-state index in [-0.39, 0.29) is 6.03 Å². The number of nitrogens with zero attached hydrogens (tertiary/aromatic N) is 2. The highest BCUT2D eigenvalue weighted by atomic mass is 35.5. The van der Waals surface area contributed by atoms with Gasteiger partial charge in [-0.3, -0.25) is 4.90 Å². The number of rotatable bonds is 10. The molecule has 2 aromatic carbocycles. The molecule has 3 rings (SSSR count). The largest absolute Gasteiger partial charge is 0.497 e. The van der Waals surface area contributed by atoms with Crippen LogP contribution in [-0.2, 0) is 13.0 Å². The van der Waals surface area contributed by atoms with Crippen LogP contribution in [0.4, 0.5) is 4.79 Å². The van der Waals surface area contributed by atoms with Gasteiger partial charge in [-0.1, -0.05) is 48.5 Å². The zero-order valence-electron chi connectivity index (χ0n) is 18.8. The van der Waals surface area contributed by atoms with Crippen LogP contribution in [-0.4, -0.2) is 68.8 Å². The highest BCUT2D eigenvalue weighted by molar-refractivity contribution is 6.31. The Labute approximate surface area is 196 Å². The fraction of sp³-hybridized carbons (Fsp3) is 0.400. The van der Waals surface area contributed by atoms with Gasteiger partial charge in [0.2, 0.25) is 0 Å². The maximum absolute atomic E-state index is 13.1. The lowest BCUT2D eigenvalue weighted by Crippen LogP contribution is -2.46. The third-order valence-corrected chi connectivity index (χ3v) is 5.94. The fourth-order valence-corrected chi connectivity index (χ4v) is 3.94. The summed E-state index contributed by atoms with van der Waals surface area (Å²) in [5.74, 6) is 0.826. The summed E-state index contributed by atoms with van der Waals surface area (Å²) in [6.45, 7) is 10.6. The van der Waals surface area contributed by atoms with Crippen LogP contribution in [0.25, 0.3) is 0 Å². The van der Waals surface area contributed by atoms with Crippen molar-refractivity contribution in [2.75, 3.05) is 52.9 Å². The third kappa shape index (κ3) is 7.55. The van der Waals surface area contributed by atoms with E-state index in [9.17, 15) is 4.79 Å². The molecule has 0 aromatic heterocycles. The number of benzene rings is 2. The molecule has 0 saturated carbocycles. The van der Waals surface area contributed by atoms with Gasteiger partial charge in [0.1, 0.15) is 5.75 Å². The Morgan fingerprint density at radius 2 is 1.91 bits per heavy atom. The van der Waals surface area contributed by atoms with E-state index in [2.05, 4.69) is 22.1 Å². The molecule has 0 radical (unpaired) electrons. The molecule has 0 unspecified atom stereocenters. The van der Waals surface area contributed by atoms with Crippen LogP contribution < -0.4 is 15.4 Å². The Bertz CT molecular complexity index is 882. The zero-order chi connectivity index (χ0) is 22.8. The molecule has 2 aromatic rings. The Morgan fingerprint density at radius 3 is 2.59 bits per heavy atom. The van der Waals surface area contributed by atoms with Crippen molar-refractivity contribution in [2.45, 2.75) is 13.0 Å². The molecule has 0 bridgehead atoms. The van der Waals surface area contributed by atoms with Crippen LogP contribution in [0.5, 0.6) is 5.75 Å². The number of halogens is 1. The van der Waals surface area contributed by atoms with Crippen LogP contribution in [0, 0.1) is 0 Å². The molecule has 1 aliphatic rings. The van der Waals surface area contributed by atoms with E-state index in [1.807, 2.05) is 53.4 Å². The Morgan fingerprint density at radius 1 is 1.19 bits per heavy atom. The SMILES string of the molecule is C=C(CN1CCNCC1)CN(CCc1ccc(OC)cc1)C(=O)NCc1ccccc1Cl. The van der Waals surface area contributed by atoms with E-state index < -0.39 is 0 Å². The van der Waals surface area contributed by atoms with Gasteiger partial charge in [-0.15, -0.1) is 0 Å². The summed E-state index contributed by atoms with van der Waals surface area (Å²) in [5, 5.41) is 7.04. The molecule has 1 fully saturated rings. The van der Waals surface area contributed by atoms with Crippen LogP contribution in [0.1, 0.15) is 11.1 Å². The number of hydrogen-bond donors (Lipinski definition) is 2. The molecule has 2 amide bonds. The molecule has 0 spiro atoms. The lowest BCUT2D eigenvalue weighted by molar-refractivity contribution is 0.199. The van der Waals surface area contributed by atoms with Gasteiger partial charge < -0.3 is 20.3 Å². The predicted molar refractivity (Wildman–Crippen MR) is 130 cm³/mol. The van der Waals surface area contributed by atoms with Crippen LogP contribution >= 0.6 is 11.6 Å². The first-order valence-electron chi connectivity index (χ1n) is 11.0. The molecule has 1 heterocycles. The first-order valence-corrected chi connectivity index (χ1v) is 11.4. The highest BCUT2D eigenvalue weighted by Crippen LogP contribution is 2.15. The lowest BCUT2D eigenvalue weighted by atomic mass is 10.1. The molecule has 172 valence electrons. The summed E-state index contributed by atoms with van der Waals surface area (Å²) in [6.07, 6.45) is 0.754. The summed E-state index contributed by atoms with van der Waals surface area (Å²) >= 11 is 6.25. The molecular weight excluding hydrogens is 424 g/mol. The average Bonchev–Trinajstić information content (AvgIpc) is 2.82. The first-order chi connectivity index (χ1) is 15.5. The first kappa shape index (κ1) is 24.1. The Balaban J connectivity index is 1.60. The Kier molecular flexibility index (Phi) is 9.41. The second-order valence-corrected chi connectivity index (χ2v) is 8.45. The van der Waals surface area contributed by atoms with Crippen molar-refractivity contribution in [1.29, 1.82) is 0 Å². The molecule has 0 aliphatic carbocycles. The molecule has 0 atom stereocenters. The minimum Gasteiger partial charge on any atom is -0.497 e. The molecule has 7 heteroatoms. The van der Waals surface area contributed by atoms with E-state index >= 15 is 0 Å². The van der Waals surface area contributed by atoms with Crippen molar-refractivity contribution in [2.24, 2.45) is 0 Å². The highest BCUT2D eigenvalue weighted by Gasteiger charge is 2.17. The van der Waals surface area contributed by atoms with Gasteiger partial charge in [-0.05, 0) is 41.3 Å². The van der Waals surface area contributed by atoms with Gasteiger partial charge in [0.15, 0.2) is 0 Å². The van der Waals surface area contributed by atoms with Crippen molar-refractivity contribution < 1.29 is 9.53 Å². The van der Waals surface area contributed by atoms with Crippen molar-refractivity contribution in [3.8, 4) is 5.75 Å². The molecule has 6 nitrogen and oxygen atoms in total. The molecule has 2 N–H and O–H groups in total. The molecule has 1 aliphatic heterocycles. The normalized spacial score (nSPS) is 14.1. The quantitative estimate of drug-likeness (QED) is 0.537. The monoisotopic (exact) mass is 456 g/mol. The number of amides is 2. The number of ether oxygens (including phenoxy) is 1. The van der Waals surface area contributed by atoms with Crippen molar-refractivity contribution in [1.82, 2.24) is 20.4 Å². The molecule has 1 saturated heterocycles. The van der Waals surface area contributed by atoms with Crippen molar-refractivity contribution in [3.05, 3.63) is 76.8 Å². The van der Waals surface area contributed by atoms with Gasteiger partial charge in [-0.2, -0.15) is 0 Å². The minimum atomic E-state index is -0.111.